The summed E-state index contributed by atoms with van der Waals surface area (Å²) in [5.74, 6) is 0.561. The van der Waals surface area contributed by atoms with Crippen molar-refractivity contribution in [1.29, 1.82) is 0 Å². The van der Waals surface area contributed by atoms with Gasteiger partial charge in [0.25, 0.3) is 10.2 Å². The van der Waals surface area contributed by atoms with Gasteiger partial charge in [-0.3, -0.25) is 0 Å². The summed E-state index contributed by atoms with van der Waals surface area (Å²) in [6.07, 6.45) is 3.50. The quantitative estimate of drug-likeness (QED) is 0.771. The Hall–Kier alpha value is -0.170. The van der Waals surface area contributed by atoms with E-state index in [1.807, 2.05) is 13.8 Å². The van der Waals surface area contributed by atoms with Crippen LogP contribution in [-0.2, 0) is 10.2 Å². The van der Waals surface area contributed by atoms with E-state index in [2.05, 4.69) is 6.92 Å². The van der Waals surface area contributed by atoms with Gasteiger partial charge in [0.15, 0.2) is 0 Å². The Bertz CT molecular complexity index is 353. The summed E-state index contributed by atoms with van der Waals surface area (Å²) < 4.78 is 28.7. The van der Waals surface area contributed by atoms with Gasteiger partial charge in [-0.05, 0) is 31.6 Å². The Balaban J connectivity index is 2.89. The predicted octanol–water partition coefficient (Wildman–Crippen LogP) is 1.41. The Labute approximate surface area is 118 Å². The molecule has 0 saturated carbocycles. The highest BCUT2D eigenvalue weighted by Gasteiger charge is 2.36. The lowest BCUT2D eigenvalue weighted by Crippen LogP contribution is -2.54. The summed E-state index contributed by atoms with van der Waals surface area (Å²) in [7, 11) is -3.35. The molecule has 2 atom stereocenters. The molecule has 2 N–H and O–H groups in total. The molecular formula is C13H29N3O2S. The molecule has 2 unspecified atom stereocenters. The Morgan fingerprint density at radius 2 is 1.84 bits per heavy atom. The highest BCUT2D eigenvalue weighted by atomic mass is 32.2. The van der Waals surface area contributed by atoms with Gasteiger partial charge in [-0.1, -0.05) is 20.8 Å². The number of hydrogen-bond acceptors (Lipinski definition) is 3. The van der Waals surface area contributed by atoms with Gasteiger partial charge in [0.2, 0.25) is 0 Å². The molecule has 6 heteroatoms. The van der Waals surface area contributed by atoms with Crippen LogP contribution in [0.25, 0.3) is 0 Å². The van der Waals surface area contributed by atoms with E-state index in [1.54, 1.807) is 8.61 Å². The van der Waals surface area contributed by atoms with E-state index < -0.39 is 10.2 Å². The highest BCUT2D eigenvalue weighted by molar-refractivity contribution is 7.86. The molecule has 114 valence electrons. The molecule has 0 aromatic heterocycles. The smallest absolute Gasteiger partial charge is 0.282 e. The van der Waals surface area contributed by atoms with E-state index in [0.29, 0.717) is 32.1 Å². The first kappa shape index (κ1) is 16.9. The Morgan fingerprint density at radius 3 is 2.32 bits per heavy atom. The Kier molecular flexibility index (Phi) is 6.73. The van der Waals surface area contributed by atoms with Crippen LogP contribution >= 0.6 is 0 Å². The molecule has 0 radical (unpaired) electrons. The van der Waals surface area contributed by atoms with Gasteiger partial charge in [-0.2, -0.15) is 17.0 Å². The molecule has 1 heterocycles. The van der Waals surface area contributed by atoms with E-state index in [-0.39, 0.29) is 6.04 Å². The van der Waals surface area contributed by atoms with Crippen molar-refractivity contribution >= 4 is 10.2 Å². The fraction of sp³-hybridized carbons (Fsp3) is 1.00. The summed E-state index contributed by atoms with van der Waals surface area (Å²) in [6.45, 7) is 8.40. The zero-order valence-electron chi connectivity index (χ0n) is 12.5. The lowest BCUT2D eigenvalue weighted by Gasteiger charge is -2.39. The monoisotopic (exact) mass is 291 g/mol. The van der Waals surface area contributed by atoms with E-state index in [0.717, 1.165) is 25.7 Å². The van der Waals surface area contributed by atoms with Gasteiger partial charge in [0.05, 0.1) is 0 Å². The van der Waals surface area contributed by atoms with E-state index in [9.17, 15) is 8.42 Å². The van der Waals surface area contributed by atoms with Crippen LogP contribution < -0.4 is 5.73 Å². The van der Waals surface area contributed by atoms with Crippen LogP contribution in [0.3, 0.4) is 0 Å². The summed E-state index contributed by atoms with van der Waals surface area (Å²) in [4.78, 5) is 0. The number of hydrogen-bond donors (Lipinski definition) is 1. The van der Waals surface area contributed by atoms with E-state index in [1.165, 1.54) is 0 Å². The van der Waals surface area contributed by atoms with Crippen molar-refractivity contribution in [2.24, 2.45) is 11.7 Å². The minimum absolute atomic E-state index is 0.0371. The standard InChI is InChI=1S/C13H29N3O2S/c1-4-7-15(8-5-2)19(17,18)16-9-6-12(3)10-13(16)11-14/h12-13H,4-11,14H2,1-3H3. The SMILES string of the molecule is CCCN(CCC)S(=O)(=O)N1CCC(C)CC1CN. The van der Waals surface area contributed by atoms with Crippen LogP contribution in [0.15, 0.2) is 0 Å². The van der Waals surface area contributed by atoms with Crippen LogP contribution in [0.2, 0.25) is 0 Å². The molecule has 0 aromatic carbocycles. The summed E-state index contributed by atoms with van der Waals surface area (Å²) >= 11 is 0. The molecule has 19 heavy (non-hydrogen) atoms. The van der Waals surface area contributed by atoms with E-state index >= 15 is 0 Å². The maximum Gasteiger partial charge on any atom is 0.282 e. The first-order chi connectivity index (χ1) is 8.97. The largest absolute Gasteiger partial charge is 0.329 e. The predicted molar refractivity (Wildman–Crippen MR) is 79.0 cm³/mol. The zero-order valence-corrected chi connectivity index (χ0v) is 13.3. The number of piperidine rings is 1. The van der Waals surface area contributed by atoms with Crippen LogP contribution in [0.5, 0.6) is 0 Å². The first-order valence-corrected chi connectivity index (χ1v) is 8.84. The highest BCUT2D eigenvalue weighted by Crippen LogP contribution is 2.26. The van der Waals surface area contributed by atoms with Crippen molar-refractivity contribution in [1.82, 2.24) is 8.61 Å². The number of nitrogens with two attached hydrogens (primary N) is 1. The minimum atomic E-state index is -3.35. The molecule has 0 aliphatic carbocycles. The van der Waals surface area contributed by atoms with E-state index in [4.69, 9.17) is 5.73 Å². The van der Waals surface area contributed by atoms with Crippen molar-refractivity contribution < 1.29 is 8.42 Å². The molecule has 0 bridgehead atoms. The third-order valence-corrected chi connectivity index (χ3v) is 5.86. The average Bonchev–Trinajstić information content (AvgIpc) is 2.38. The van der Waals surface area contributed by atoms with Crippen molar-refractivity contribution in [3.05, 3.63) is 0 Å². The normalized spacial score (nSPS) is 25.9. The van der Waals surface area contributed by atoms with Crippen molar-refractivity contribution in [3.8, 4) is 0 Å². The molecule has 0 amide bonds. The van der Waals surface area contributed by atoms with Crippen LogP contribution in [0.1, 0.15) is 46.5 Å². The fourth-order valence-corrected chi connectivity index (χ4v) is 4.75. The van der Waals surface area contributed by atoms with Crippen molar-refractivity contribution in [2.75, 3.05) is 26.2 Å². The van der Waals surface area contributed by atoms with Gasteiger partial charge in [-0.25, -0.2) is 0 Å². The van der Waals surface area contributed by atoms with Crippen LogP contribution in [0.4, 0.5) is 0 Å². The van der Waals surface area contributed by atoms with Crippen molar-refractivity contribution in [3.63, 3.8) is 0 Å². The summed E-state index contributed by atoms with van der Waals surface area (Å²) in [6, 6.07) is -0.0371. The lowest BCUT2D eigenvalue weighted by molar-refractivity contribution is 0.196. The molecule has 1 saturated heterocycles. The average molecular weight is 291 g/mol. The third-order valence-electron chi connectivity index (χ3n) is 3.76. The van der Waals surface area contributed by atoms with Gasteiger partial charge in [0, 0.05) is 32.2 Å². The number of rotatable bonds is 7. The lowest BCUT2D eigenvalue weighted by atomic mass is 9.94. The van der Waals surface area contributed by atoms with Crippen molar-refractivity contribution in [2.45, 2.75) is 52.5 Å². The second kappa shape index (κ2) is 7.57. The summed E-state index contributed by atoms with van der Waals surface area (Å²) in [5, 5.41) is 0. The van der Waals surface area contributed by atoms with Gasteiger partial charge >= 0.3 is 0 Å². The molecule has 1 fully saturated rings. The Morgan fingerprint density at radius 1 is 1.26 bits per heavy atom. The molecule has 1 aliphatic rings. The maximum absolute atomic E-state index is 12.7. The number of nitrogens with zero attached hydrogens (tertiary/aromatic N) is 2. The summed E-state index contributed by atoms with van der Waals surface area (Å²) in [5.41, 5.74) is 5.78. The maximum atomic E-state index is 12.7. The second-order valence-electron chi connectivity index (χ2n) is 5.54. The molecular weight excluding hydrogens is 262 g/mol. The fourth-order valence-electron chi connectivity index (χ4n) is 2.74. The molecule has 5 nitrogen and oxygen atoms in total. The third kappa shape index (κ3) is 4.15. The van der Waals surface area contributed by atoms with Gasteiger partial charge < -0.3 is 5.73 Å². The van der Waals surface area contributed by atoms with Crippen LogP contribution in [0, 0.1) is 5.92 Å². The first-order valence-electron chi connectivity index (χ1n) is 7.44. The van der Waals surface area contributed by atoms with Gasteiger partial charge in [0.1, 0.15) is 0 Å². The molecule has 1 aliphatic heterocycles. The van der Waals surface area contributed by atoms with Crippen LogP contribution in [-0.4, -0.2) is 49.2 Å². The van der Waals surface area contributed by atoms with Gasteiger partial charge in [-0.15, -0.1) is 0 Å². The molecule has 0 spiro atoms. The zero-order chi connectivity index (χ0) is 14.5. The topological polar surface area (TPSA) is 66.6 Å². The second-order valence-corrected chi connectivity index (χ2v) is 7.42. The molecule has 1 rings (SSSR count). The minimum Gasteiger partial charge on any atom is -0.329 e. The molecule has 0 aromatic rings.